The van der Waals surface area contributed by atoms with Crippen molar-refractivity contribution in [1.29, 1.82) is 0 Å². The highest BCUT2D eigenvalue weighted by molar-refractivity contribution is 9.10. The molecule has 0 saturated carbocycles. The lowest BCUT2D eigenvalue weighted by molar-refractivity contribution is 0.133. The summed E-state index contributed by atoms with van der Waals surface area (Å²) in [6.45, 7) is 8.80. The van der Waals surface area contributed by atoms with Crippen LogP contribution in [0.25, 0.3) is 0 Å². The summed E-state index contributed by atoms with van der Waals surface area (Å²) in [6.07, 6.45) is -0.113. The van der Waals surface area contributed by atoms with Crippen LogP contribution in [0.5, 0.6) is 0 Å². The van der Waals surface area contributed by atoms with Gasteiger partial charge in [-0.2, -0.15) is 0 Å². The van der Waals surface area contributed by atoms with E-state index in [-0.39, 0.29) is 0 Å². The lowest BCUT2D eigenvalue weighted by atomic mass is 10.1. The maximum absolute atomic E-state index is 11.2. The maximum atomic E-state index is 11.2. The van der Waals surface area contributed by atoms with Crippen LogP contribution >= 0.6 is 15.9 Å². The Kier molecular flexibility index (Phi) is 5.11. The van der Waals surface area contributed by atoms with Crippen molar-refractivity contribution in [3.8, 4) is 0 Å². The van der Waals surface area contributed by atoms with E-state index in [2.05, 4.69) is 35.6 Å². The van der Waals surface area contributed by atoms with E-state index in [4.69, 9.17) is 4.74 Å². The van der Waals surface area contributed by atoms with Crippen LogP contribution in [0.3, 0.4) is 0 Å². The number of rotatable bonds is 5. The van der Waals surface area contributed by atoms with E-state index in [0.717, 1.165) is 40.4 Å². The van der Waals surface area contributed by atoms with Crippen molar-refractivity contribution in [2.75, 3.05) is 18.1 Å². The normalized spacial score (nSPS) is 14.4. The Balaban J connectivity index is 2.04. The first kappa shape index (κ1) is 16.5. The summed E-state index contributed by atoms with van der Waals surface area (Å²) in [5, 5.41) is 9.21. The minimum absolute atomic E-state index is 0.520. The molecular weight excluding hydrogens is 350 g/mol. The van der Waals surface area contributed by atoms with E-state index >= 15 is 0 Å². The molecule has 1 heterocycles. The van der Waals surface area contributed by atoms with Gasteiger partial charge in [-0.15, -0.1) is 0 Å². The van der Waals surface area contributed by atoms with Crippen LogP contribution in [0.4, 0.5) is 10.5 Å². The van der Waals surface area contributed by atoms with Crippen molar-refractivity contribution in [2.24, 2.45) is 0 Å². The van der Waals surface area contributed by atoms with E-state index in [9.17, 15) is 9.90 Å². The molecule has 0 spiro atoms. The predicted octanol–water partition coefficient (Wildman–Crippen LogP) is 4.34. The van der Waals surface area contributed by atoms with Gasteiger partial charge in [-0.25, -0.2) is 4.79 Å². The second-order valence-electron chi connectivity index (χ2n) is 6.62. The second kappa shape index (κ2) is 6.50. The molecule has 0 fully saturated rings. The van der Waals surface area contributed by atoms with Gasteiger partial charge in [0, 0.05) is 25.7 Å². The summed E-state index contributed by atoms with van der Waals surface area (Å²) in [5.74, 6) is 0. The smallest absolute Gasteiger partial charge is 0.411 e. The maximum Gasteiger partial charge on any atom is 0.411 e. The second-order valence-corrected chi connectivity index (χ2v) is 13.1. The molecule has 2 rings (SSSR count). The van der Waals surface area contributed by atoms with Crippen LogP contribution in [0.1, 0.15) is 11.1 Å². The molecule has 116 valence electrons. The highest BCUT2D eigenvalue weighted by atomic mass is 79.9. The van der Waals surface area contributed by atoms with Gasteiger partial charge in [-0.3, -0.25) is 4.90 Å². The van der Waals surface area contributed by atoms with Crippen molar-refractivity contribution < 1.29 is 14.6 Å². The zero-order valence-electron chi connectivity index (χ0n) is 12.8. The third-order valence-corrected chi connectivity index (χ3v) is 6.07. The molecule has 21 heavy (non-hydrogen) atoms. The number of nitrogens with zero attached hydrogens (tertiary/aromatic N) is 1. The van der Waals surface area contributed by atoms with E-state index in [1.807, 2.05) is 12.1 Å². The van der Waals surface area contributed by atoms with Crippen LogP contribution in [-0.4, -0.2) is 32.4 Å². The highest BCUT2D eigenvalue weighted by Gasteiger charge is 2.25. The zero-order chi connectivity index (χ0) is 15.6. The first-order valence-electron chi connectivity index (χ1n) is 7.17. The third-order valence-electron chi connectivity index (χ3n) is 3.63. The molecule has 1 amide bonds. The van der Waals surface area contributed by atoms with Gasteiger partial charge in [0.05, 0.1) is 12.3 Å². The fraction of sp³-hybridized carbons (Fsp3) is 0.533. The van der Waals surface area contributed by atoms with Gasteiger partial charge in [-0.05, 0) is 35.7 Å². The standard InChI is InChI=1S/C15H22BrNO3Si/c1-21(2,3)7-6-20-10-12-9-14-11(8-13(12)16)4-5-17(14)15(18)19/h8-9H,4-7,10H2,1-3H3,(H,18,19). The summed E-state index contributed by atoms with van der Waals surface area (Å²) in [4.78, 5) is 12.6. The Bertz CT molecular complexity index is 542. The average Bonchev–Trinajstić information content (AvgIpc) is 2.76. The Hall–Kier alpha value is -0.853. The summed E-state index contributed by atoms with van der Waals surface area (Å²) < 4.78 is 6.77. The molecule has 0 unspecified atom stereocenters. The van der Waals surface area contributed by atoms with Gasteiger partial charge in [0.25, 0.3) is 0 Å². The van der Waals surface area contributed by atoms with Crippen LogP contribution in [-0.2, 0) is 17.8 Å². The van der Waals surface area contributed by atoms with Crippen molar-refractivity contribution in [2.45, 2.75) is 38.7 Å². The monoisotopic (exact) mass is 371 g/mol. The predicted molar refractivity (Wildman–Crippen MR) is 91.0 cm³/mol. The number of halogens is 1. The number of hydrogen-bond donors (Lipinski definition) is 1. The Morgan fingerprint density at radius 1 is 1.43 bits per heavy atom. The summed E-state index contributed by atoms with van der Waals surface area (Å²) >= 11 is 3.56. The van der Waals surface area contributed by atoms with Gasteiger partial charge in [-0.1, -0.05) is 35.6 Å². The molecular formula is C15H22BrNO3Si. The Labute approximate surface area is 135 Å². The first-order valence-corrected chi connectivity index (χ1v) is 11.7. The number of benzene rings is 1. The van der Waals surface area contributed by atoms with Crippen LogP contribution in [0.15, 0.2) is 16.6 Å². The van der Waals surface area contributed by atoms with Crippen LogP contribution in [0, 0.1) is 0 Å². The van der Waals surface area contributed by atoms with E-state index in [1.165, 1.54) is 4.90 Å². The summed E-state index contributed by atoms with van der Waals surface area (Å²) in [6, 6.07) is 5.10. The molecule has 6 heteroatoms. The third kappa shape index (κ3) is 4.31. The molecule has 0 radical (unpaired) electrons. The van der Waals surface area contributed by atoms with Gasteiger partial charge < -0.3 is 9.84 Å². The lowest BCUT2D eigenvalue weighted by Crippen LogP contribution is -2.26. The minimum Gasteiger partial charge on any atom is -0.465 e. The molecule has 4 nitrogen and oxygen atoms in total. The van der Waals surface area contributed by atoms with E-state index in [0.29, 0.717) is 13.2 Å². The van der Waals surface area contributed by atoms with Crippen LogP contribution < -0.4 is 4.90 Å². The van der Waals surface area contributed by atoms with E-state index < -0.39 is 14.2 Å². The molecule has 1 aromatic carbocycles. The van der Waals surface area contributed by atoms with Gasteiger partial charge >= 0.3 is 6.09 Å². The molecule has 0 aromatic heterocycles. The van der Waals surface area contributed by atoms with Crippen molar-refractivity contribution >= 4 is 35.8 Å². The molecule has 0 atom stereocenters. The van der Waals surface area contributed by atoms with Gasteiger partial charge in [0.1, 0.15) is 0 Å². The summed E-state index contributed by atoms with van der Waals surface area (Å²) in [7, 11) is -1.07. The average molecular weight is 372 g/mol. The minimum atomic E-state index is -1.07. The number of ether oxygens (including phenoxy) is 1. The fourth-order valence-corrected chi connectivity index (χ4v) is 3.58. The molecule has 1 aliphatic rings. The molecule has 0 aliphatic carbocycles. The number of carboxylic acid groups (broad SMARTS) is 1. The number of amides is 1. The fourth-order valence-electron chi connectivity index (χ4n) is 2.32. The van der Waals surface area contributed by atoms with Gasteiger partial charge in [0.2, 0.25) is 0 Å². The van der Waals surface area contributed by atoms with Crippen molar-refractivity contribution in [3.63, 3.8) is 0 Å². The Morgan fingerprint density at radius 2 is 2.14 bits per heavy atom. The highest BCUT2D eigenvalue weighted by Crippen LogP contribution is 2.33. The van der Waals surface area contributed by atoms with Crippen LogP contribution in [0.2, 0.25) is 25.7 Å². The molecule has 1 aliphatic heterocycles. The molecule has 1 N–H and O–H groups in total. The van der Waals surface area contributed by atoms with E-state index in [1.54, 1.807) is 0 Å². The largest absolute Gasteiger partial charge is 0.465 e. The lowest BCUT2D eigenvalue weighted by Gasteiger charge is -2.17. The molecule has 0 bridgehead atoms. The van der Waals surface area contributed by atoms with Crippen molar-refractivity contribution in [1.82, 2.24) is 0 Å². The molecule has 0 saturated heterocycles. The number of fused-ring (bicyclic) bond motifs is 1. The first-order chi connectivity index (χ1) is 9.78. The van der Waals surface area contributed by atoms with Gasteiger partial charge in [0.15, 0.2) is 0 Å². The van der Waals surface area contributed by atoms with Crippen molar-refractivity contribution in [3.05, 3.63) is 27.7 Å². The number of anilines is 1. The Morgan fingerprint density at radius 3 is 2.76 bits per heavy atom. The quantitative estimate of drug-likeness (QED) is 0.618. The summed E-state index contributed by atoms with van der Waals surface area (Å²) in [5.41, 5.74) is 2.89. The topological polar surface area (TPSA) is 49.8 Å². The SMILES string of the molecule is C[Si](C)(C)CCOCc1cc2c(cc1Br)CCN2C(=O)O. The number of carbonyl (C=O) groups is 1. The number of hydrogen-bond acceptors (Lipinski definition) is 2. The molecule has 1 aromatic rings. The zero-order valence-corrected chi connectivity index (χ0v) is 15.4.